The number of carbonyl (C=O) groups excluding carboxylic acids is 1. The molecule has 6 nitrogen and oxygen atoms in total. The first-order chi connectivity index (χ1) is 12.4. The molecule has 1 atom stereocenters. The van der Waals surface area contributed by atoms with E-state index in [0.717, 1.165) is 11.1 Å². The molecule has 0 saturated carbocycles. The highest BCUT2D eigenvalue weighted by Crippen LogP contribution is 2.23. The molecule has 0 heterocycles. The van der Waals surface area contributed by atoms with Crippen LogP contribution in [0.15, 0.2) is 59.7 Å². The first kappa shape index (κ1) is 19.5. The number of ether oxygens (including phenoxy) is 2. The zero-order valence-corrected chi connectivity index (χ0v) is 15.2. The number of nitrogens with zero attached hydrogens (tertiary/aromatic N) is 1. The fourth-order valence-electron chi connectivity index (χ4n) is 2.27. The number of carbonyl (C=O) groups is 1. The predicted octanol–water partition coefficient (Wildman–Crippen LogP) is 3.48. The summed E-state index contributed by atoms with van der Waals surface area (Å²) in [4.78, 5) is 11.9. The normalized spacial score (nSPS) is 13.6. The Morgan fingerprint density at radius 1 is 1.12 bits per heavy atom. The van der Waals surface area contributed by atoms with Gasteiger partial charge in [-0.1, -0.05) is 60.2 Å². The van der Waals surface area contributed by atoms with Crippen molar-refractivity contribution in [1.29, 1.82) is 0 Å². The van der Waals surface area contributed by atoms with Gasteiger partial charge >= 0.3 is 6.09 Å². The monoisotopic (exact) mass is 356 g/mol. The van der Waals surface area contributed by atoms with Crippen molar-refractivity contribution in [3.63, 3.8) is 0 Å². The van der Waals surface area contributed by atoms with E-state index in [4.69, 9.17) is 9.47 Å². The van der Waals surface area contributed by atoms with Crippen LogP contribution >= 0.6 is 0 Å². The maximum atomic E-state index is 11.9. The second kappa shape index (κ2) is 9.01. The van der Waals surface area contributed by atoms with E-state index >= 15 is 0 Å². The van der Waals surface area contributed by atoms with E-state index in [0.29, 0.717) is 12.2 Å². The van der Waals surface area contributed by atoms with Crippen molar-refractivity contribution >= 4 is 12.0 Å². The summed E-state index contributed by atoms with van der Waals surface area (Å²) < 4.78 is 10.5. The first-order valence-corrected chi connectivity index (χ1v) is 8.40. The third-order valence-electron chi connectivity index (χ3n) is 3.77. The summed E-state index contributed by atoms with van der Waals surface area (Å²) >= 11 is 0. The molecular weight excluding hydrogens is 332 g/mol. The van der Waals surface area contributed by atoms with Gasteiger partial charge in [0.15, 0.2) is 5.60 Å². The summed E-state index contributed by atoms with van der Waals surface area (Å²) in [5.41, 5.74) is 3.32. The van der Waals surface area contributed by atoms with Crippen molar-refractivity contribution < 1.29 is 19.4 Å². The molecule has 0 radical (unpaired) electrons. The SMILES string of the molecule is CCO/C(=N/NC(=O)OCc1ccccc1)C(C)(O)c1ccc(C)cc1. The highest BCUT2D eigenvalue weighted by atomic mass is 16.6. The van der Waals surface area contributed by atoms with Crippen molar-refractivity contribution in [1.82, 2.24) is 5.43 Å². The van der Waals surface area contributed by atoms with Crippen LogP contribution in [0, 0.1) is 6.92 Å². The van der Waals surface area contributed by atoms with Crippen LogP contribution in [-0.2, 0) is 21.7 Å². The van der Waals surface area contributed by atoms with E-state index in [1.54, 1.807) is 26.0 Å². The number of benzene rings is 2. The largest absolute Gasteiger partial charge is 0.478 e. The molecule has 138 valence electrons. The van der Waals surface area contributed by atoms with Crippen molar-refractivity contribution in [2.24, 2.45) is 5.10 Å². The van der Waals surface area contributed by atoms with E-state index < -0.39 is 11.7 Å². The lowest BCUT2D eigenvalue weighted by Gasteiger charge is -2.25. The van der Waals surface area contributed by atoms with Crippen LogP contribution in [0.25, 0.3) is 0 Å². The Balaban J connectivity index is 2.05. The minimum Gasteiger partial charge on any atom is -0.478 e. The van der Waals surface area contributed by atoms with Gasteiger partial charge in [0.05, 0.1) is 6.61 Å². The van der Waals surface area contributed by atoms with Crippen molar-refractivity contribution in [2.75, 3.05) is 6.61 Å². The van der Waals surface area contributed by atoms with Gasteiger partial charge in [0.2, 0.25) is 5.90 Å². The molecule has 26 heavy (non-hydrogen) atoms. The second-order valence-corrected chi connectivity index (χ2v) is 5.96. The number of amides is 1. The van der Waals surface area contributed by atoms with E-state index in [1.165, 1.54) is 0 Å². The van der Waals surface area contributed by atoms with Crippen molar-refractivity contribution in [3.05, 3.63) is 71.3 Å². The van der Waals surface area contributed by atoms with Crippen LogP contribution in [0.1, 0.15) is 30.5 Å². The molecule has 0 aliphatic carbocycles. The smallest absolute Gasteiger partial charge is 0.428 e. The molecule has 6 heteroatoms. The van der Waals surface area contributed by atoms with Gasteiger partial charge in [0, 0.05) is 0 Å². The molecular formula is C20H24N2O4. The van der Waals surface area contributed by atoms with Gasteiger partial charge in [-0.05, 0) is 31.9 Å². The molecule has 2 N–H and O–H groups in total. The van der Waals surface area contributed by atoms with Gasteiger partial charge < -0.3 is 14.6 Å². The van der Waals surface area contributed by atoms with Gasteiger partial charge in [0.25, 0.3) is 0 Å². The molecule has 1 unspecified atom stereocenters. The number of rotatable bonds is 6. The molecule has 0 aliphatic heterocycles. The van der Waals surface area contributed by atoms with Crippen LogP contribution in [-0.4, -0.2) is 23.7 Å². The Hall–Kier alpha value is -2.86. The van der Waals surface area contributed by atoms with Gasteiger partial charge in [-0.15, -0.1) is 5.10 Å². The summed E-state index contributed by atoms with van der Waals surface area (Å²) in [6.45, 7) is 5.71. The molecule has 2 aromatic carbocycles. The molecule has 0 spiro atoms. The van der Waals surface area contributed by atoms with Crippen LogP contribution in [0.4, 0.5) is 4.79 Å². The van der Waals surface area contributed by atoms with Gasteiger partial charge in [-0.3, -0.25) is 0 Å². The Morgan fingerprint density at radius 3 is 2.38 bits per heavy atom. The summed E-state index contributed by atoms with van der Waals surface area (Å²) in [5.74, 6) is -0.0134. The highest BCUT2D eigenvalue weighted by Gasteiger charge is 2.32. The average molecular weight is 356 g/mol. The van der Waals surface area contributed by atoms with Crippen molar-refractivity contribution in [3.8, 4) is 0 Å². The van der Waals surface area contributed by atoms with Crippen molar-refractivity contribution in [2.45, 2.75) is 33.0 Å². The summed E-state index contributed by atoms with van der Waals surface area (Å²) in [6, 6.07) is 16.7. The maximum absolute atomic E-state index is 11.9. The summed E-state index contributed by atoms with van der Waals surface area (Å²) in [7, 11) is 0. The molecule has 2 rings (SSSR count). The van der Waals surface area contributed by atoms with Gasteiger partial charge in [0.1, 0.15) is 6.61 Å². The Kier molecular flexibility index (Phi) is 6.74. The number of hydrazone groups is 1. The zero-order valence-electron chi connectivity index (χ0n) is 15.2. The van der Waals surface area contributed by atoms with E-state index in [-0.39, 0.29) is 12.5 Å². The predicted molar refractivity (Wildman–Crippen MR) is 99.6 cm³/mol. The number of aliphatic hydroxyl groups is 1. The number of hydrogen-bond donors (Lipinski definition) is 2. The minimum absolute atomic E-state index is 0.0134. The van der Waals surface area contributed by atoms with Crippen LogP contribution in [0.3, 0.4) is 0 Å². The second-order valence-electron chi connectivity index (χ2n) is 5.96. The highest BCUT2D eigenvalue weighted by molar-refractivity contribution is 5.86. The first-order valence-electron chi connectivity index (χ1n) is 8.40. The van der Waals surface area contributed by atoms with Crippen LogP contribution < -0.4 is 5.43 Å². The topological polar surface area (TPSA) is 80.2 Å². The quantitative estimate of drug-likeness (QED) is 0.472. The fraction of sp³-hybridized carbons (Fsp3) is 0.300. The molecule has 1 amide bonds. The Morgan fingerprint density at radius 2 is 1.77 bits per heavy atom. The number of hydrogen-bond acceptors (Lipinski definition) is 5. The van der Waals surface area contributed by atoms with E-state index in [9.17, 15) is 9.90 Å². The lowest BCUT2D eigenvalue weighted by atomic mass is 9.95. The van der Waals surface area contributed by atoms with Gasteiger partial charge in [-0.2, -0.15) is 0 Å². The molecule has 0 aromatic heterocycles. The molecule has 0 fully saturated rings. The molecule has 0 saturated heterocycles. The Labute approximate surface area is 153 Å². The minimum atomic E-state index is -1.49. The number of nitrogens with one attached hydrogen (secondary N) is 1. The molecule has 0 bridgehead atoms. The molecule has 2 aromatic rings. The third-order valence-corrected chi connectivity index (χ3v) is 3.77. The lowest BCUT2D eigenvalue weighted by molar-refractivity contribution is 0.0943. The average Bonchev–Trinajstić information content (AvgIpc) is 2.64. The van der Waals surface area contributed by atoms with E-state index in [1.807, 2.05) is 49.4 Å². The zero-order chi connectivity index (χ0) is 19.0. The van der Waals surface area contributed by atoms with Crippen LogP contribution in [0.2, 0.25) is 0 Å². The summed E-state index contributed by atoms with van der Waals surface area (Å²) in [5, 5.41) is 14.8. The standard InChI is InChI=1S/C20H24N2O4/c1-4-25-18(20(3,24)17-12-10-15(2)11-13-17)21-22-19(23)26-14-16-8-6-5-7-9-16/h5-13,24H,4,14H2,1-3H3,(H,22,23)/b21-18+. The summed E-state index contributed by atoms with van der Waals surface area (Å²) in [6.07, 6.45) is -0.731. The Bertz CT molecular complexity index is 740. The van der Waals surface area contributed by atoms with Crippen LogP contribution in [0.5, 0.6) is 0 Å². The fourth-order valence-corrected chi connectivity index (χ4v) is 2.27. The molecule has 0 aliphatic rings. The maximum Gasteiger partial charge on any atom is 0.428 e. The lowest BCUT2D eigenvalue weighted by Crippen LogP contribution is -2.36. The van der Waals surface area contributed by atoms with Gasteiger partial charge in [-0.25, -0.2) is 10.2 Å². The number of aryl methyl sites for hydroxylation is 1. The van der Waals surface area contributed by atoms with E-state index in [2.05, 4.69) is 10.5 Å². The third kappa shape index (κ3) is 5.32.